The van der Waals surface area contributed by atoms with Crippen LogP contribution in [0.3, 0.4) is 0 Å². The Bertz CT molecular complexity index is 983. The van der Waals surface area contributed by atoms with Gasteiger partial charge in [0.25, 0.3) is 5.91 Å². The van der Waals surface area contributed by atoms with Gasteiger partial charge in [-0.05, 0) is 31.4 Å². The molecule has 1 aliphatic rings. The van der Waals surface area contributed by atoms with Crippen molar-refractivity contribution in [3.63, 3.8) is 0 Å². The molecule has 0 spiro atoms. The number of rotatable bonds is 8. The number of nitrogens with zero attached hydrogens (tertiary/aromatic N) is 1. The number of aromatic nitrogens is 1. The van der Waals surface area contributed by atoms with E-state index >= 15 is 0 Å². The van der Waals surface area contributed by atoms with Gasteiger partial charge in [-0.2, -0.15) is 0 Å². The molecule has 0 aliphatic carbocycles. The second-order valence-corrected chi connectivity index (χ2v) is 9.02. The average Bonchev–Trinajstić information content (AvgIpc) is 2.87. The molecule has 35 heavy (non-hydrogen) atoms. The number of hydrogen-bond donors (Lipinski definition) is 2. The lowest BCUT2D eigenvalue weighted by Crippen LogP contribution is -2.46. The Hall–Kier alpha value is -3.33. The Kier molecular flexibility index (Phi) is 9.31. The van der Waals surface area contributed by atoms with E-state index in [2.05, 4.69) is 24.1 Å². The Balaban J connectivity index is 1.77. The van der Waals surface area contributed by atoms with Crippen LogP contribution in [0, 0.1) is 11.8 Å². The highest BCUT2D eigenvalue weighted by atomic mass is 16.6. The molecule has 1 amide bonds. The molecule has 1 aromatic heterocycles. The Morgan fingerprint density at radius 3 is 2.66 bits per heavy atom. The number of pyridine rings is 1. The first kappa shape index (κ1) is 26.3. The second-order valence-electron chi connectivity index (χ2n) is 9.02. The van der Waals surface area contributed by atoms with E-state index in [0.29, 0.717) is 11.7 Å². The quantitative estimate of drug-likeness (QED) is 0.546. The maximum Gasteiger partial charge on any atom is 0.331 e. The topological polar surface area (TPSA) is 116 Å². The van der Waals surface area contributed by atoms with Gasteiger partial charge in [0.05, 0.1) is 20.3 Å². The van der Waals surface area contributed by atoms with Gasteiger partial charge in [0.2, 0.25) is 0 Å². The smallest absolute Gasteiger partial charge is 0.331 e. The summed E-state index contributed by atoms with van der Waals surface area (Å²) < 4.78 is 22.9. The zero-order valence-electron chi connectivity index (χ0n) is 20.6. The summed E-state index contributed by atoms with van der Waals surface area (Å²) in [5, 5.41) is 12.8. The van der Waals surface area contributed by atoms with Crippen LogP contribution in [0.5, 0.6) is 17.2 Å². The van der Waals surface area contributed by atoms with Crippen molar-refractivity contribution in [1.29, 1.82) is 0 Å². The summed E-state index contributed by atoms with van der Waals surface area (Å²) in [4.78, 5) is 29.7. The highest BCUT2D eigenvalue weighted by molar-refractivity contribution is 5.98. The molecule has 2 N–H and O–H groups in total. The lowest BCUT2D eigenvalue weighted by molar-refractivity contribution is -0.154. The zero-order valence-corrected chi connectivity index (χ0v) is 20.6. The Labute approximate surface area is 205 Å². The molecule has 9 heteroatoms. The number of ether oxygens (including phenoxy) is 4. The van der Waals surface area contributed by atoms with E-state index in [4.69, 9.17) is 18.9 Å². The summed E-state index contributed by atoms with van der Waals surface area (Å²) in [7, 11) is 1.37. The third-order valence-corrected chi connectivity index (χ3v) is 5.97. The monoisotopic (exact) mass is 486 g/mol. The third-order valence-electron chi connectivity index (χ3n) is 5.97. The van der Waals surface area contributed by atoms with Crippen molar-refractivity contribution in [1.82, 2.24) is 10.3 Å². The molecular weight excluding hydrogens is 452 g/mol. The number of cyclic esters (lactones) is 1. The minimum Gasteiger partial charge on any atom is -0.503 e. The van der Waals surface area contributed by atoms with E-state index in [1.807, 2.05) is 37.3 Å². The number of esters is 1. The van der Waals surface area contributed by atoms with Crippen molar-refractivity contribution >= 4 is 11.9 Å². The van der Waals surface area contributed by atoms with Gasteiger partial charge >= 0.3 is 5.97 Å². The number of carbonyl (C=O) groups is 2. The van der Waals surface area contributed by atoms with Crippen molar-refractivity contribution in [2.75, 3.05) is 20.3 Å². The minimum absolute atomic E-state index is 0.0981. The number of para-hydroxylation sites is 1. The molecule has 1 saturated heterocycles. The summed E-state index contributed by atoms with van der Waals surface area (Å²) in [5.41, 5.74) is -0.259. The molecule has 9 nitrogen and oxygen atoms in total. The van der Waals surface area contributed by atoms with E-state index in [1.165, 1.54) is 19.4 Å². The number of hydrogen-bond acceptors (Lipinski definition) is 8. The fraction of sp³-hybridized carbons (Fsp3) is 0.500. The van der Waals surface area contributed by atoms with Crippen LogP contribution in [-0.2, 0) is 14.3 Å². The van der Waals surface area contributed by atoms with Crippen LogP contribution in [0.4, 0.5) is 0 Å². The van der Waals surface area contributed by atoms with Crippen molar-refractivity contribution in [2.45, 2.75) is 51.9 Å². The van der Waals surface area contributed by atoms with Crippen LogP contribution in [0.25, 0.3) is 0 Å². The number of carbonyl (C=O) groups excluding carboxylic acids is 2. The molecule has 1 aromatic carbocycles. The maximum absolute atomic E-state index is 13.0. The second kappa shape index (κ2) is 12.4. The van der Waals surface area contributed by atoms with Gasteiger partial charge in [0, 0.05) is 18.2 Å². The van der Waals surface area contributed by atoms with E-state index in [1.54, 1.807) is 0 Å². The molecule has 1 fully saturated rings. The van der Waals surface area contributed by atoms with E-state index < -0.39 is 29.8 Å². The third kappa shape index (κ3) is 7.08. The average molecular weight is 487 g/mol. The van der Waals surface area contributed by atoms with Gasteiger partial charge in [0.1, 0.15) is 18.0 Å². The number of methoxy groups -OCH3 is 1. The van der Waals surface area contributed by atoms with Crippen molar-refractivity contribution in [2.24, 2.45) is 11.8 Å². The summed E-state index contributed by atoms with van der Waals surface area (Å²) in [6.07, 6.45) is 2.23. The summed E-state index contributed by atoms with van der Waals surface area (Å²) in [5.74, 6) is -0.614. The molecule has 0 unspecified atom stereocenters. The minimum atomic E-state index is -1.08. The molecule has 0 saturated carbocycles. The number of aromatic hydroxyl groups is 1. The molecule has 0 bridgehead atoms. The van der Waals surface area contributed by atoms with E-state index in [9.17, 15) is 14.7 Å². The lowest BCUT2D eigenvalue weighted by atomic mass is 9.89. The van der Waals surface area contributed by atoms with Crippen LogP contribution >= 0.6 is 0 Å². The lowest BCUT2D eigenvalue weighted by Gasteiger charge is -2.31. The Morgan fingerprint density at radius 2 is 1.97 bits per heavy atom. The summed E-state index contributed by atoms with van der Waals surface area (Å²) in [6.45, 7) is 6.22. The number of nitrogens with one attached hydrogen (secondary N) is 1. The van der Waals surface area contributed by atoms with Crippen LogP contribution in [0.2, 0.25) is 0 Å². The van der Waals surface area contributed by atoms with Crippen molar-refractivity contribution in [3.8, 4) is 17.2 Å². The molecule has 1 aliphatic heterocycles. The van der Waals surface area contributed by atoms with Gasteiger partial charge in [-0.1, -0.05) is 38.5 Å². The predicted octanol–water partition coefficient (Wildman–Crippen LogP) is 3.36. The molecular formula is C26H34N2O7. The first-order valence-electron chi connectivity index (χ1n) is 11.8. The Morgan fingerprint density at radius 1 is 1.23 bits per heavy atom. The zero-order chi connectivity index (χ0) is 25.4. The first-order valence-corrected chi connectivity index (χ1v) is 11.8. The fourth-order valence-corrected chi connectivity index (χ4v) is 3.98. The molecule has 0 radical (unpaired) electrons. The van der Waals surface area contributed by atoms with Crippen LogP contribution in [-0.4, -0.2) is 60.5 Å². The van der Waals surface area contributed by atoms with E-state index in [0.717, 1.165) is 12.8 Å². The van der Waals surface area contributed by atoms with Gasteiger partial charge in [0.15, 0.2) is 23.2 Å². The normalized spacial score (nSPS) is 22.9. The number of benzene rings is 1. The summed E-state index contributed by atoms with van der Waals surface area (Å²) >= 11 is 0. The molecule has 3 rings (SSSR count). The first-order chi connectivity index (χ1) is 16.8. The van der Waals surface area contributed by atoms with Crippen LogP contribution < -0.4 is 14.8 Å². The highest BCUT2D eigenvalue weighted by Gasteiger charge is 2.36. The number of amides is 1. The summed E-state index contributed by atoms with van der Waals surface area (Å²) in [6, 6.07) is 9.79. The van der Waals surface area contributed by atoms with Crippen molar-refractivity contribution < 1.29 is 33.6 Å². The van der Waals surface area contributed by atoms with Gasteiger partial charge in [-0.3, -0.25) is 4.79 Å². The molecule has 4 atom stereocenters. The van der Waals surface area contributed by atoms with Gasteiger partial charge in [-0.25, -0.2) is 9.78 Å². The van der Waals surface area contributed by atoms with Gasteiger partial charge < -0.3 is 29.4 Å². The predicted molar refractivity (Wildman–Crippen MR) is 129 cm³/mol. The molecule has 190 valence electrons. The largest absolute Gasteiger partial charge is 0.503 e. The van der Waals surface area contributed by atoms with E-state index in [-0.39, 0.29) is 36.7 Å². The van der Waals surface area contributed by atoms with Crippen LogP contribution in [0.1, 0.15) is 44.1 Å². The maximum atomic E-state index is 13.0. The van der Waals surface area contributed by atoms with Crippen molar-refractivity contribution in [3.05, 3.63) is 48.3 Å². The van der Waals surface area contributed by atoms with Crippen LogP contribution in [0.15, 0.2) is 42.6 Å². The fourth-order valence-electron chi connectivity index (χ4n) is 3.98. The molecule has 2 heterocycles. The van der Waals surface area contributed by atoms with Gasteiger partial charge in [-0.15, -0.1) is 0 Å². The molecule has 2 aromatic rings. The SMILES string of the molecule is COc1ccnc(C(=O)N[C@H]2COC[C@H](Oc3ccccc3)[C@@H](CCC(C)C)[C@H](C)OC2=O)c1O. The standard InChI is InChI=1S/C26H34N2O7/c1-16(2)10-11-19-17(3)34-26(31)20(14-33-15-22(19)35-18-8-6-5-7-9-18)28-25(30)23-24(29)21(32-4)12-13-27-23/h5-9,12-13,16-17,19-20,22,29H,10-11,14-15H2,1-4H3,(H,28,30)/t17-,19-,20-,22-/m0/s1. The highest BCUT2D eigenvalue weighted by Crippen LogP contribution is 2.29.